The summed E-state index contributed by atoms with van der Waals surface area (Å²) in [7, 11) is -3.82. The number of thiophene rings is 1. The summed E-state index contributed by atoms with van der Waals surface area (Å²) in [5.41, 5.74) is 7.85. The van der Waals surface area contributed by atoms with E-state index in [0.717, 1.165) is 5.56 Å². The number of nitrogens with zero attached hydrogens (tertiary/aromatic N) is 1. The third-order valence-corrected chi connectivity index (χ3v) is 5.94. The van der Waals surface area contributed by atoms with E-state index in [9.17, 15) is 22.8 Å². The molecule has 0 unspecified atom stereocenters. The number of amides is 2. The number of carbonyl (C=O) groups excluding carboxylic acids is 1. The smallest absolute Gasteiger partial charge is 0.338 e. The average molecular weight is 421 g/mol. The molecule has 0 bridgehead atoms. The summed E-state index contributed by atoms with van der Waals surface area (Å²) >= 11 is 1.28. The number of hydrogen-bond acceptors (Lipinski definition) is 5. The monoisotopic (exact) mass is 421 g/mol. The lowest BCUT2D eigenvalue weighted by Gasteiger charge is -2.14. The summed E-state index contributed by atoms with van der Waals surface area (Å²) in [6, 6.07) is 10.7. The van der Waals surface area contributed by atoms with Gasteiger partial charge in [0.15, 0.2) is 0 Å². The lowest BCUT2D eigenvalue weighted by atomic mass is 9.97. The number of carbonyl (C=O) groups is 1. The van der Waals surface area contributed by atoms with Gasteiger partial charge in [0.05, 0.1) is 11.4 Å². The maximum atomic E-state index is 13.3. The standard InChI is InChI=1S/C18H16FN3O4S2/c19-13-5-1-12(2-6-13)17-15(10-27-16(17)9-22(24)18(20)23)11-3-7-14(8-4-11)28(21,25)26/h1-8,10,24H,9H2,(H2,20,23)(H2,21,25,26). The quantitative estimate of drug-likeness (QED) is 0.432. The van der Waals surface area contributed by atoms with Crippen molar-refractivity contribution in [2.45, 2.75) is 11.4 Å². The van der Waals surface area contributed by atoms with Crippen LogP contribution >= 0.6 is 11.3 Å². The van der Waals surface area contributed by atoms with Crippen molar-refractivity contribution >= 4 is 27.4 Å². The van der Waals surface area contributed by atoms with Crippen molar-refractivity contribution < 1.29 is 22.8 Å². The van der Waals surface area contributed by atoms with Gasteiger partial charge < -0.3 is 5.73 Å². The van der Waals surface area contributed by atoms with Gasteiger partial charge in [-0.05, 0) is 40.8 Å². The van der Waals surface area contributed by atoms with Crippen LogP contribution in [0.15, 0.2) is 58.8 Å². The fourth-order valence-electron chi connectivity index (χ4n) is 2.70. The van der Waals surface area contributed by atoms with E-state index in [-0.39, 0.29) is 11.4 Å². The van der Waals surface area contributed by atoms with E-state index in [2.05, 4.69) is 0 Å². The molecular weight excluding hydrogens is 405 g/mol. The van der Waals surface area contributed by atoms with Crippen LogP contribution in [0.3, 0.4) is 0 Å². The SMILES string of the molecule is NC(=O)N(O)Cc1scc(-c2ccc(S(N)(=O)=O)cc2)c1-c1ccc(F)cc1. The number of urea groups is 1. The van der Waals surface area contributed by atoms with E-state index in [1.54, 1.807) is 29.6 Å². The predicted molar refractivity (Wildman–Crippen MR) is 103 cm³/mol. The Hall–Kier alpha value is -2.79. The molecule has 3 rings (SSSR count). The van der Waals surface area contributed by atoms with Gasteiger partial charge in [-0.2, -0.15) is 0 Å². The molecule has 3 aromatic rings. The lowest BCUT2D eigenvalue weighted by molar-refractivity contribution is -0.0461. The summed E-state index contributed by atoms with van der Waals surface area (Å²) in [4.78, 5) is 11.8. The molecule has 7 nitrogen and oxygen atoms in total. The molecule has 0 fully saturated rings. The van der Waals surface area contributed by atoms with Crippen molar-refractivity contribution in [1.29, 1.82) is 0 Å². The summed E-state index contributed by atoms with van der Waals surface area (Å²) in [5.74, 6) is -0.402. The minimum Gasteiger partial charge on any atom is -0.350 e. The van der Waals surface area contributed by atoms with Crippen LogP contribution in [0.2, 0.25) is 0 Å². The lowest BCUT2D eigenvalue weighted by Crippen LogP contribution is -2.31. The number of rotatable bonds is 5. The van der Waals surface area contributed by atoms with Crippen molar-refractivity contribution in [3.63, 3.8) is 0 Å². The van der Waals surface area contributed by atoms with Gasteiger partial charge in [-0.1, -0.05) is 24.3 Å². The molecule has 0 atom stereocenters. The van der Waals surface area contributed by atoms with E-state index in [4.69, 9.17) is 10.9 Å². The van der Waals surface area contributed by atoms with Crippen LogP contribution in [-0.4, -0.2) is 24.7 Å². The highest BCUT2D eigenvalue weighted by Crippen LogP contribution is 2.40. The highest BCUT2D eigenvalue weighted by Gasteiger charge is 2.19. The van der Waals surface area contributed by atoms with Crippen molar-refractivity contribution in [2.24, 2.45) is 10.9 Å². The number of nitrogens with two attached hydrogens (primary N) is 2. The molecule has 2 amide bonds. The van der Waals surface area contributed by atoms with Crippen LogP contribution in [0.4, 0.5) is 9.18 Å². The molecular formula is C18H16FN3O4S2. The Bertz CT molecular complexity index is 1110. The second kappa shape index (κ2) is 7.68. The van der Waals surface area contributed by atoms with Crippen LogP contribution in [0, 0.1) is 5.82 Å². The fourth-order valence-corrected chi connectivity index (χ4v) is 4.27. The number of primary amides is 1. The average Bonchev–Trinajstić information content (AvgIpc) is 3.05. The highest BCUT2D eigenvalue weighted by atomic mass is 32.2. The van der Waals surface area contributed by atoms with Gasteiger partial charge in [0.2, 0.25) is 10.0 Å². The van der Waals surface area contributed by atoms with Crippen LogP contribution in [-0.2, 0) is 16.6 Å². The van der Waals surface area contributed by atoms with Gasteiger partial charge in [0.25, 0.3) is 0 Å². The zero-order chi connectivity index (χ0) is 20.5. The van der Waals surface area contributed by atoms with Gasteiger partial charge in [-0.25, -0.2) is 27.8 Å². The van der Waals surface area contributed by atoms with Crippen molar-refractivity contribution in [3.8, 4) is 22.3 Å². The number of halogens is 1. The Morgan fingerprint density at radius 1 is 1.07 bits per heavy atom. The zero-order valence-electron chi connectivity index (χ0n) is 14.4. The highest BCUT2D eigenvalue weighted by molar-refractivity contribution is 7.89. The molecule has 0 aliphatic rings. The molecule has 0 radical (unpaired) electrons. The molecule has 1 heterocycles. The summed E-state index contributed by atoms with van der Waals surface area (Å²) < 4.78 is 36.3. The van der Waals surface area contributed by atoms with E-state index < -0.39 is 21.9 Å². The van der Waals surface area contributed by atoms with Crippen LogP contribution in [0.1, 0.15) is 4.88 Å². The maximum Gasteiger partial charge on any atom is 0.338 e. The van der Waals surface area contributed by atoms with Gasteiger partial charge in [-0.15, -0.1) is 11.3 Å². The van der Waals surface area contributed by atoms with Crippen molar-refractivity contribution in [3.05, 3.63) is 64.6 Å². The minimum absolute atomic E-state index is 0.0229. The second-order valence-corrected chi connectivity index (χ2v) is 8.45. The second-order valence-electron chi connectivity index (χ2n) is 5.92. The summed E-state index contributed by atoms with van der Waals surface area (Å²) in [6.07, 6.45) is 0. The fraction of sp³-hybridized carbons (Fsp3) is 0.0556. The Labute approximate surface area is 164 Å². The summed E-state index contributed by atoms with van der Waals surface area (Å²) in [6.45, 7) is -0.151. The van der Waals surface area contributed by atoms with Crippen LogP contribution < -0.4 is 10.9 Å². The van der Waals surface area contributed by atoms with Gasteiger partial charge in [-0.3, -0.25) is 5.21 Å². The normalized spacial score (nSPS) is 11.4. The number of primary sulfonamides is 1. The topological polar surface area (TPSA) is 127 Å². The first kappa shape index (κ1) is 20.0. The van der Waals surface area contributed by atoms with E-state index in [0.29, 0.717) is 26.6 Å². The third kappa shape index (κ3) is 4.20. The number of hydrogen-bond donors (Lipinski definition) is 3. The van der Waals surface area contributed by atoms with E-state index >= 15 is 0 Å². The maximum absolute atomic E-state index is 13.3. The number of sulfonamides is 1. The first-order valence-electron chi connectivity index (χ1n) is 7.92. The Balaban J connectivity index is 2.12. The molecule has 0 aliphatic carbocycles. The first-order chi connectivity index (χ1) is 13.2. The molecule has 0 aliphatic heterocycles. The molecule has 1 aromatic heterocycles. The predicted octanol–water partition coefficient (Wildman–Crippen LogP) is 3.14. The molecule has 28 heavy (non-hydrogen) atoms. The molecule has 0 spiro atoms. The van der Waals surface area contributed by atoms with Crippen molar-refractivity contribution in [1.82, 2.24) is 5.06 Å². The number of benzene rings is 2. The third-order valence-electron chi connectivity index (χ3n) is 4.04. The molecule has 0 saturated carbocycles. The van der Waals surface area contributed by atoms with E-state index in [1.165, 1.54) is 35.6 Å². The minimum atomic E-state index is -3.82. The Morgan fingerprint density at radius 3 is 2.18 bits per heavy atom. The molecule has 0 saturated heterocycles. The van der Waals surface area contributed by atoms with E-state index in [1.807, 2.05) is 0 Å². The first-order valence-corrected chi connectivity index (χ1v) is 10.3. The Kier molecular flexibility index (Phi) is 5.47. The number of hydroxylamine groups is 2. The largest absolute Gasteiger partial charge is 0.350 e. The van der Waals surface area contributed by atoms with Gasteiger partial charge in [0.1, 0.15) is 5.82 Å². The van der Waals surface area contributed by atoms with Gasteiger partial charge >= 0.3 is 6.03 Å². The summed E-state index contributed by atoms with van der Waals surface area (Å²) in [5, 5.41) is 17.0. The van der Waals surface area contributed by atoms with Crippen LogP contribution in [0.5, 0.6) is 0 Å². The van der Waals surface area contributed by atoms with Gasteiger partial charge in [0, 0.05) is 16.0 Å². The van der Waals surface area contributed by atoms with Crippen molar-refractivity contribution in [2.75, 3.05) is 0 Å². The Morgan fingerprint density at radius 2 is 1.64 bits per heavy atom. The molecule has 2 aromatic carbocycles. The molecule has 5 N–H and O–H groups in total. The molecule has 146 valence electrons. The van der Waals surface area contributed by atoms with Crippen LogP contribution in [0.25, 0.3) is 22.3 Å². The zero-order valence-corrected chi connectivity index (χ0v) is 16.0. The molecule has 10 heteroatoms.